The van der Waals surface area contributed by atoms with E-state index in [-0.39, 0.29) is 17.3 Å². The largest absolute Gasteiger partial charge is 0.463 e. The lowest BCUT2D eigenvalue weighted by Crippen LogP contribution is -2.14. The average molecular weight is 240 g/mol. The molecule has 1 aliphatic rings. The van der Waals surface area contributed by atoms with Crippen LogP contribution in [0.2, 0.25) is 0 Å². The Hall–Kier alpha value is -0.830. The molecule has 0 aromatic rings. The Labute approximate surface area is 104 Å². The van der Waals surface area contributed by atoms with Gasteiger partial charge in [0.25, 0.3) is 0 Å². The Morgan fingerprint density at radius 2 is 1.94 bits per heavy atom. The standard InChI is InChI=1S/C14H24O3/c1-6-16-7-8-17-13(15)12-11(9-10(2)3)14(12,4)5/h9,11-12H,6-8H2,1-5H3. The summed E-state index contributed by atoms with van der Waals surface area (Å²) in [5, 5.41) is 0. The minimum absolute atomic E-state index is 0.0130. The molecule has 98 valence electrons. The van der Waals surface area contributed by atoms with E-state index in [0.717, 1.165) is 0 Å². The lowest BCUT2D eigenvalue weighted by Gasteiger charge is -2.05. The van der Waals surface area contributed by atoms with Crippen molar-refractivity contribution in [3.63, 3.8) is 0 Å². The molecule has 1 rings (SSSR count). The van der Waals surface area contributed by atoms with Gasteiger partial charge in [0.15, 0.2) is 0 Å². The highest BCUT2D eigenvalue weighted by Gasteiger charge is 2.61. The molecule has 2 atom stereocenters. The maximum Gasteiger partial charge on any atom is 0.310 e. The Bertz CT molecular complexity index is 301. The first-order valence-electron chi connectivity index (χ1n) is 6.30. The van der Waals surface area contributed by atoms with Gasteiger partial charge in [-0.3, -0.25) is 4.79 Å². The van der Waals surface area contributed by atoms with E-state index in [1.165, 1.54) is 5.57 Å². The van der Waals surface area contributed by atoms with E-state index in [0.29, 0.717) is 25.7 Å². The summed E-state index contributed by atoms with van der Waals surface area (Å²) in [6.45, 7) is 11.8. The monoisotopic (exact) mass is 240 g/mol. The van der Waals surface area contributed by atoms with Crippen LogP contribution in [0.1, 0.15) is 34.6 Å². The molecule has 0 aromatic carbocycles. The van der Waals surface area contributed by atoms with Gasteiger partial charge in [-0.05, 0) is 32.1 Å². The molecule has 0 aromatic heterocycles. The lowest BCUT2D eigenvalue weighted by molar-refractivity contribution is -0.147. The molecule has 1 aliphatic carbocycles. The zero-order valence-electron chi connectivity index (χ0n) is 11.6. The van der Waals surface area contributed by atoms with E-state index in [1.807, 2.05) is 6.92 Å². The summed E-state index contributed by atoms with van der Waals surface area (Å²) in [7, 11) is 0. The second kappa shape index (κ2) is 5.67. The molecule has 0 saturated heterocycles. The van der Waals surface area contributed by atoms with Gasteiger partial charge < -0.3 is 9.47 Å². The molecule has 17 heavy (non-hydrogen) atoms. The molecule has 0 bridgehead atoms. The predicted octanol–water partition coefficient (Wildman–Crippen LogP) is 2.80. The second-order valence-corrected chi connectivity index (χ2v) is 5.43. The topological polar surface area (TPSA) is 35.5 Å². The first-order chi connectivity index (χ1) is 7.91. The fraction of sp³-hybridized carbons (Fsp3) is 0.786. The number of allylic oxidation sites excluding steroid dienone is 2. The number of ether oxygens (including phenoxy) is 2. The molecule has 3 nitrogen and oxygen atoms in total. The number of esters is 1. The van der Waals surface area contributed by atoms with Gasteiger partial charge in [-0.15, -0.1) is 0 Å². The molecule has 0 aliphatic heterocycles. The SMILES string of the molecule is CCOCCOC(=O)C1C(C=C(C)C)C1(C)C. The smallest absolute Gasteiger partial charge is 0.310 e. The van der Waals surface area contributed by atoms with Gasteiger partial charge in [-0.25, -0.2) is 0 Å². The number of hydrogen-bond donors (Lipinski definition) is 0. The van der Waals surface area contributed by atoms with Crippen LogP contribution in [0.5, 0.6) is 0 Å². The summed E-state index contributed by atoms with van der Waals surface area (Å²) in [6, 6.07) is 0. The van der Waals surface area contributed by atoms with Gasteiger partial charge >= 0.3 is 5.97 Å². The second-order valence-electron chi connectivity index (χ2n) is 5.43. The van der Waals surface area contributed by atoms with Crippen LogP contribution in [0, 0.1) is 17.3 Å². The van der Waals surface area contributed by atoms with Crippen molar-refractivity contribution in [3.8, 4) is 0 Å². The number of carbonyl (C=O) groups is 1. The summed E-state index contributed by atoms with van der Waals surface area (Å²) < 4.78 is 10.4. The fourth-order valence-electron chi connectivity index (χ4n) is 2.23. The van der Waals surface area contributed by atoms with Gasteiger partial charge in [-0.1, -0.05) is 25.5 Å². The minimum atomic E-state index is -0.0859. The maximum absolute atomic E-state index is 11.9. The molecule has 0 radical (unpaired) electrons. The molecule has 3 heteroatoms. The fourth-order valence-corrected chi connectivity index (χ4v) is 2.23. The first kappa shape index (κ1) is 14.2. The number of hydrogen-bond acceptors (Lipinski definition) is 3. The van der Waals surface area contributed by atoms with Crippen LogP contribution < -0.4 is 0 Å². The zero-order chi connectivity index (χ0) is 13.1. The van der Waals surface area contributed by atoms with Crippen molar-refractivity contribution in [3.05, 3.63) is 11.6 Å². The van der Waals surface area contributed by atoms with Gasteiger partial charge in [0, 0.05) is 6.61 Å². The minimum Gasteiger partial charge on any atom is -0.463 e. The van der Waals surface area contributed by atoms with Crippen LogP contribution in [0.25, 0.3) is 0 Å². The Morgan fingerprint density at radius 1 is 1.29 bits per heavy atom. The van der Waals surface area contributed by atoms with Crippen LogP contribution in [-0.4, -0.2) is 25.8 Å². The third kappa shape index (κ3) is 3.56. The molecule has 0 N–H and O–H groups in total. The van der Waals surface area contributed by atoms with Crippen molar-refractivity contribution < 1.29 is 14.3 Å². The molecule has 0 heterocycles. The number of rotatable bonds is 6. The van der Waals surface area contributed by atoms with Crippen molar-refractivity contribution >= 4 is 5.97 Å². The summed E-state index contributed by atoms with van der Waals surface area (Å²) in [5.74, 6) is 0.253. The van der Waals surface area contributed by atoms with Crippen LogP contribution in [0.4, 0.5) is 0 Å². The van der Waals surface area contributed by atoms with E-state index < -0.39 is 0 Å². The van der Waals surface area contributed by atoms with Crippen LogP contribution in [0.15, 0.2) is 11.6 Å². The van der Waals surface area contributed by atoms with Crippen molar-refractivity contribution in [2.24, 2.45) is 17.3 Å². The quantitative estimate of drug-likeness (QED) is 0.407. The molecule has 1 saturated carbocycles. The molecule has 0 spiro atoms. The maximum atomic E-state index is 11.9. The molecule has 2 unspecified atom stereocenters. The Morgan fingerprint density at radius 3 is 2.47 bits per heavy atom. The Kier molecular flexibility index (Phi) is 4.75. The van der Waals surface area contributed by atoms with Gasteiger partial charge in [0.05, 0.1) is 12.5 Å². The highest BCUT2D eigenvalue weighted by atomic mass is 16.6. The normalized spacial score (nSPS) is 25.2. The van der Waals surface area contributed by atoms with Crippen LogP contribution in [-0.2, 0) is 14.3 Å². The highest BCUT2D eigenvalue weighted by molar-refractivity contribution is 5.78. The van der Waals surface area contributed by atoms with Crippen molar-refractivity contribution in [1.29, 1.82) is 0 Å². The molecule has 0 amide bonds. The van der Waals surface area contributed by atoms with E-state index in [4.69, 9.17) is 9.47 Å². The van der Waals surface area contributed by atoms with E-state index in [1.54, 1.807) is 0 Å². The average Bonchev–Trinajstić information content (AvgIpc) is 2.74. The summed E-state index contributed by atoms with van der Waals surface area (Å²) >= 11 is 0. The van der Waals surface area contributed by atoms with Gasteiger partial charge in [0.2, 0.25) is 0 Å². The van der Waals surface area contributed by atoms with Gasteiger partial charge in [0.1, 0.15) is 6.61 Å². The van der Waals surface area contributed by atoms with Gasteiger partial charge in [-0.2, -0.15) is 0 Å². The highest BCUT2D eigenvalue weighted by Crippen LogP contribution is 2.59. The summed E-state index contributed by atoms with van der Waals surface area (Å²) in [4.78, 5) is 11.9. The third-order valence-electron chi connectivity index (χ3n) is 3.35. The Balaban J connectivity index is 2.41. The third-order valence-corrected chi connectivity index (χ3v) is 3.35. The van der Waals surface area contributed by atoms with Crippen LogP contribution >= 0.6 is 0 Å². The van der Waals surface area contributed by atoms with Crippen LogP contribution in [0.3, 0.4) is 0 Å². The molecule has 1 fully saturated rings. The van der Waals surface area contributed by atoms with E-state index in [9.17, 15) is 4.79 Å². The first-order valence-corrected chi connectivity index (χ1v) is 6.30. The van der Waals surface area contributed by atoms with Crippen molar-refractivity contribution in [2.75, 3.05) is 19.8 Å². The zero-order valence-corrected chi connectivity index (χ0v) is 11.6. The lowest BCUT2D eigenvalue weighted by atomic mass is 10.1. The van der Waals surface area contributed by atoms with E-state index >= 15 is 0 Å². The van der Waals surface area contributed by atoms with Crippen molar-refractivity contribution in [1.82, 2.24) is 0 Å². The summed E-state index contributed by atoms with van der Waals surface area (Å²) in [5.41, 5.74) is 1.30. The van der Waals surface area contributed by atoms with Crippen molar-refractivity contribution in [2.45, 2.75) is 34.6 Å². The molecular formula is C14H24O3. The summed E-state index contributed by atoms with van der Waals surface area (Å²) in [6.07, 6.45) is 2.18. The van der Waals surface area contributed by atoms with E-state index in [2.05, 4.69) is 33.8 Å². The molecular weight excluding hydrogens is 216 g/mol. The predicted molar refractivity (Wildman–Crippen MR) is 67.6 cm³/mol. The number of carbonyl (C=O) groups excluding carboxylic acids is 1.